The first-order valence-electron chi connectivity index (χ1n) is 5.43. The summed E-state index contributed by atoms with van der Waals surface area (Å²) in [6.07, 6.45) is 1.69. The lowest BCUT2D eigenvalue weighted by atomic mass is 10.2. The van der Waals surface area contributed by atoms with Crippen molar-refractivity contribution >= 4 is 28.9 Å². The highest BCUT2D eigenvalue weighted by Gasteiger charge is 2.18. The Morgan fingerprint density at radius 2 is 2.00 bits per heavy atom. The van der Waals surface area contributed by atoms with Gasteiger partial charge in [0.25, 0.3) is 0 Å². The molecule has 0 bridgehead atoms. The van der Waals surface area contributed by atoms with Crippen LogP contribution in [0.2, 0.25) is 0 Å². The molecule has 1 aromatic carbocycles. The van der Waals surface area contributed by atoms with E-state index in [0.29, 0.717) is 5.56 Å². The standard InChI is InChI=1S/C13H15NO2S/c1-13(2,3)17-16-12(15)10-8-14-11-7-5-4-6-9(10)11/h4-8,14H,1-3H3. The van der Waals surface area contributed by atoms with Gasteiger partial charge >= 0.3 is 5.97 Å². The molecule has 0 spiro atoms. The Balaban J connectivity index is 2.20. The molecule has 0 amide bonds. The van der Waals surface area contributed by atoms with Gasteiger partial charge in [-0.15, -0.1) is 0 Å². The first kappa shape index (κ1) is 12.0. The zero-order valence-electron chi connectivity index (χ0n) is 10.1. The molecule has 4 heteroatoms. The molecule has 0 atom stereocenters. The smallest absolute Gasteiger partial charge is 0.352 e. The Bertz CT molecular complexity index is 540. The number of nitrogens with one attached hydrogen (secondary N) is 1. The summed E-state index contributed by atoms with van der Waals surface area (Å²) in [5.41, 5.74) is 1.53. The first-order valence-corrected chi connectivity index (χ1v) is 6.18. The van der Waals surface area contributed by atoms with Gasteiger partial charge in [0.2, 0.25) is 0 Å². The van der Waals surface area contributed by atoms with Gasteiger partial charge in [-0.05, 0) is 26.8 Å². The minimum absolute atomic E-state index is 0.0955. The summed E-state index contributed by atoms with van der Waals surface area (Å²) in [7, 11) is 0. The Morgan fingerprint density at radius 3 is 2.71 bits per heavy atom. The number of fused-ring (bicyclic) bond motifs is 1. The summed E-state index contributed by atoms with van der Waals surface area (Å²) in [5.74, 6) is -0.303. The molecule has 17 heavy (non-hydrogen) atoms. The van der Waals surface area contributed by atoms with E-state index >= 15 is 0 Å². The highest BCUT2D eigenvalue weighted by Crippen LogP contribution is 2.27. The van der Waals surface area contributed by atoms with E-state index in [0.717, 1.165) is 10.9 Å². The van der Waals surface area contributed by atoms with Crippen molar-refractivity contribution in [2.75, 3.05) is 0 Å². The average Bonchev–Trinajstić information content (AvgIpc) is 2.68. The van der Waals surface area contributed by atoms with E-state index in [1.807, 2.05) is 45.0 Å². The Hall–Kier alpha value is -1.42. The number of aromatic amines is 1. The highest BCUT2D eigenvalue weighted by molar-refractivity contribution is 7.96. The number of H-pyrrole nitrogens is 1. The quantitative estimate of drug-likeness (QED) is 0.824. The van der Waals surface area contributed by atoms with Gasteiger partial charge in [0, 0.05) is 21.8 Å². The number of rotatable bonds is 2. The zero-order chi connectivity index (χ0) is 12.5. The molecule has 1 aromatic heterocycles. The number of carbonyl (C=O) groups excluding carboxylic acids is 1. The predicted octanol–water partition coefficient (Wildman–Crippen LogP) is 3.77. The van der Waals surface area contributed by atoms with Crippen molar-refractivity contribution < 1.29 is 8.98 Å². The molecular formula is C13H15NO2S. The van der Waals surface area contributed by atoms with Crippen molar-refractivity contribution in [1.82, 2.24) is 4.98 Å². The van der Waals surface area contributed by atoms with Crippen molar-refractivity contribution in [3.05, 3.63) is 36.0 Å². The molecule has 3 nitrogen and oxygen atoms in total. The molecule has 1 N–H and O–H groups in total. The van der Waals surface area contributed by atoms with Crippen LogP contribution in [0.1, 0.15) is 31.1 Å². The zero-order valence-corrected chi connectivity index (χ0v) is 10.9. The van der Waals surface area contributed by atoms with Gasteiger partial charge in [-0.3, -0.25) is 0 Å². The van der Waals surface area contributed by atoms with Gasteiger partial charge in [0.05, 0.1) is 17.6 Å². The number of aromatic nitrogens is 1. The fourth-order valence-corrected chi connectivity index (χ4v) is 1.86. The number of carbonyl (C=O) groups is 1. The van der Waals surface area contributed by atoms with Gasteiger partial charge in [0.15, 0.2) is 0 Å². The fourth-order valence-electron chi connectivity index (χ4n) is 1.45. The molecule has 0 saturated heterocycles. The predicted molar refractivity (Wildman–Crippen MR) is 71.1 cm³/mol. The van der Waals surface area contributed by atoms with Gasteiger partial charge in [-0.1, -0.05) is 18.2 Å². The molecule has 0 radical (unpaired) electrons. The summed E-state index contributed by atoms with van der Waals surface area (Å²) < 4.78 is 5.12. The number of hydrogen-bond donors (Lipinski definition) is 1. The second-order valence-corrected chi connectivity index (χ2v) is 6.37. The van der Waals surface area contributed by atoms with Crippen molar-refractivity contribution in [1.29, 1.82) is 0 Å². The maximum absolute atomic E-state index is 11.9. The maximum Gasteiger partial charge on any atom is 0.352 e. The van der Waals surface area contributed by atoms with E-state index in [4.69, 9.17) is 4.18 Å². The van der Waals surface area contributed by atoms with Crippen LogP contribution in [0, 0.1) is 0 Å². The molecule has 1 heterocycles. The van der Waals surface area contributed by atoms with Gasteiger partial charge in [-0.2, -0.15) is 0 Å². The van der Waals surface area contributed by atoms with Crippen LogP contribution in [0.3, 0.4) is 0 Å². The van der Waals surface area contributed by atoms with Crippen molar-refractivity contribution in [3.8, 4) is 0 Å². The van der Waals surface area contributed by atoms with Crippen LogP contribution in [0.4, 0.5) is 0 Å². The Labute approximate surface area is 105 Å². The summed E-state index contributed by atoms with van der Waals surface area (Å²) in [4.78, 5) is 15.0. The van der Waals surface area contributed by atoms with E-state index in [2.05, 4.69) is 4.98 Å². The molecule has 0 fully saturated rings. The van der Waals surface area contributed by atoms with Gasteiger partial charge in [0.1, 0.15) is 0 Å². The third-order valence-corrected chi connectivity index (χ3v) is 2.91. The summed E-state index contributed by atoms with van der Waals surface area (Å²) in [5, 5.41) is 0.895. The monoisotopic (exact) mass is 249 g/mol. The molecule has 2 aromatic rings. The van der Waals surface area contributed by atoms with E-state index in [1.54, 1.807) is 6.20 Å². The Morgan fingerprint density at radius 1 is 1.29 bits per heavy atom. The Kier molecular flexibility index (Phi) is 3.15. The fraction of sp³-hybridized carbons (Fsp3) is 0.308. The number of hydrogen-bond acceptors (Lipinski definition) is 3. The summed E-state index contributed by atoms with van der Waals surface area (Å²) >= 11 is 1.19. The first-order chi connectivity index (χ1) is 7.97. The largest absolute Gasteiger partial charge is 0.387 e. The summed E-state index contributed by atoms with van der Waals surface area (Å²) in [6, 6.07) is 7.68. The average molecular weight is 249 g/mol. The molecule has 0 unspecified atom stereocenters. The molecular weight excluding hydrogens is 234 g/mol. The van der Waals surface area contributed by atoms with Crippen molar-refractivity contribution in [2.24, 2.45) is 0 Å². The second kappa shape index (κ2) is 4.45. The van der Waals surface area contributed by atoms with Crippen LogP contribution >= 0.6 is 12.0 Å². The summed E-state index contributed by atoms with van der Waals surface area (Å²) in [6.45, 7) is 6.00. The molecule has 90 valence electrons. The normalized spacial score (nSPS) is 11.7. The maximum atomic E-state index is 11.9. The lowest BCUT2D eigenvalue weighted by Crippen LogP contribution is -2.11. The molecule has 0 aliphatic carbocycles. The molecule has 0 aliphatic heterocycles. The van der Waals surface area contributed by atoms with Crippen molar-refractivity contribution in [3.63, 3.8) is 0 Å². The third-order valence-electron chi connectivity index (χ3n) is 2.18. The van der Waals surface area contributed by atoms with E-state index in [-0.39, 0.29) is 10.7 Å². The van der Waals surface area contributed by atoms with Crippen LogP contribution < -0.4 is 0 Å². The third kappa shape index (κ3) is 2.82. The van der Waals surface area contributed by atoms with Crippen LogP contribution in [0.5, 0.6) is 0 Å². The van der Waals surface area contributed by atoms with Crippen LogP contribution in [-0.2, 0) is 4.18 Å². The van der Waals surface area contributed by atoms with Crippen LogP contribution in [0.15, 0.2) is 30.5 Å². The molecule has 2 rings (SSSR count). The number of benzene rings is 1. The topological polar surface area (TPSA) is 42.1 Å². The van der Waals surface area contributed by atoms with E-state index < -0.39 is 0 Å². The second-order valence-electron chi connectivity index (χ2n) is 4.81. The number of para-hydroxylation sites is 1. The van der Waals surface area contributed by atoms with Gasteiger partial charge < -0.3 is 9.17 Å². The molecule has 0 aliphatic rings. The lowest BCUT2D eigenvalue weighted by molar-refractivity contribution is 0.0767. The lowest BCUT2D eigenvalue weighted by Gasteiger charge is -2.15. The highest BCUT2D eigenvalue weighted by atomic mass is 32.2. The van der Waals surface area contributed by atoms with Gasteiger partial charge in [-0.25, -0.2) is 4.79 Å². The van der Waals surface area contributed by atoms with Crippen LogP contribution in [0.25, 0.3) is 10.9 Å². The van der Waals surface area contributed by atoms with E-state index in [9.17, 15) is 4.79 Å². The van der Waals surface area contributed by atoms with Crippen LogP contribution in [-0.4, -0.2) is 15.7 Å². The minimum atomic E-state index is -0.303. The van der Waals surface area contributed by atoms with Crippen molar-refractivity contribution in [2.45, 2.75) is 25.5 Å². The van der Waals surface area contributed by atoms with E-state index in [1.165, 1.54) is 12.0 Å². The minimum Gasteiger partial charge on any atom is -0.387 e. The SMILES string of the molecule is CC(C)(C)SOC(=O)c1c[nH]c2ccccc12. The molecule has 0 saturated carbocycles.